The third kappa shape index (κ3) is 5.71. The van der Waals surface area contributed by atoms with Gasteiger partial charge in [0.2, 0.25) is 0 Å². The summed E-state index contributed by atoms with van der Waals surface area (Å²) in [5.74, 6) is 0.0853. The fourth-order valence-corrected chi connectivity index (χ4v) is 5.20. The molecular formula is C23H25N3O5S2. The van der Waals surface area contributed by atoms with E-state index in [-0.39, 0.29) is 10.6 Å². The third-order valence-corrected chi connectivity index (χ3v) is 7.55. The van der Waals surface area contributed by atoms with Crippen molar-refractivity contribution in [2.75, 3.05) is 25.1 Å². The van der Waals surface area contributed by atoms with Crippen LogP contribution in [0.15, 0.2) is 63.9 Å². The second kappa shape index (κ2) is 10.5. The zero-order chi connectivity index (χ0) is 24.0. The van der Waals surface area contributed by atoms with E-state index >= 15 is 0 Å². The van der Waals surface area contributed by atoms with Gasteiger partial charge >= 0.3 is 0 Å². The van der Waals surface area contributed by atoms with E-state index in [2.05, 4.69) is 10.5 Å². The SMILES string of the molecule is COc1ccc(S(=O)(=O)N(CC(=O)N/N=C\c2sccc2C)c2ccc(C)cc2)cc1OC. The molecule has 1 N–H and O–H groups in total. The summed E-state index contributed by atoms with van der Waals surface area (Å²) in [6.45, 7) is 3.37. The van der Waals surface area contributed by atoms with Gasteiger partial charge in [0, 0.05) is 10.9 Å². The minimum Gasteiger partial charge on any atom is -0.493 e. The van der Waals surface area contributed by atoms with Gasteiger partial charge in [-0.15, -0.1) is 11.3 Å². The van der Waals surface area contributed by atoms with Crippen LogP contribution in [0.5, 0.6) is 11.5 Å². The average molecular weight is 488 g/mol. The number of amides is 1. The quantitative estimate of drug-likeness (QED) is 0.366. The number of aryl methyl sites for hydroxylation is 2. The van der Waals surface area contributed by atoms with Gasteiger partial charge < -0.3 is 9.47 Å². The molecule has 0 unspecified atom stereocenters. The van der Waals surface area contributed by atoms with Gasteiger partial charge in [0.1, 0.15) is 6.54 Å². The lowest BCUT2D eigenvalue weighted by atomic mass is 10.2. The molecule has 0 aliphatic carbocycles. The van der Waals surface area contributed by atoms with Crippen molar-refractivity contribution in [2.45, 2.75) is 18.7 Å². The first kappa shape index (κ1) is 24.3. The Morgan fingerprint density at radius 1 is 1.06 bits per heavy atom. The summed E-state index contributed by atoms with van der Waals surface area (Å²) >= 11 is 1.49. The lowest BCUT2D eigenvalue weighted by Crippen LogP contribution is -2.39. The van der Waals surface area contributed by atoms with Crippen LogP contribution < -0.4 is 19.2 Å². The Kier molecular flexibility index (Phi) is 7.72. The highest BCUT2D eigenvalue weighted by Gasteiger charge is 2.28. The summed E-state index contributed by atoms with van der Waals surface area (Å²) in [5.41, 5.74) is 4.76. The minimum absolute atomic E-state index is 0.0359. The Hall–Kier alpha value is -3.37. The molecular weight excluding hydrogens is 462 g/mol. The van der Waals surface area contributed by atoms with Crippen LogP contribution in [0.2, 0.25) is 0 Å². The van der Waals surface area contributed by atoms with Crippen LogP contribution in [-0.4, -0.2) is 41.3 Å². The standard InChI is InChI=1S/C23H25N3O5S2/c1-16-5-7-18(8-6-16)26(15-23(27)25-24-14-22-17(2)11-12-32-22)33(28,29)19-9-10-20(30-3)21(13-19)31-4/h5-14H,15H2,1-4H3,(H,25,27)/b24-14-. The number of sulfonamides is 1. The number of carbonyl (C=O) groups excluding carboxylic acids is 1. The Morgan fingerprint density at radius 3 is 2.36 bits per heavy atom. The Bertz CT molecular complexity index is 1250. The molecule has 1 heterocycles. The molecule has 0 fully saturated rings. The molecule has 1 aromatic heterocycles. The molecule has 2 aromatic carbocycles. The lowest BCUT2D eigenvalue weighted by Gasteiger charge is -2.24. The number of nitrogens with zero attached hydrogens (tertiary/aromatic N) is 2. The molecule has 0 bridgehead atoms. The normalized spacial score (nSPS) is 11.4. The molecule has 174 valence electrons. The number of methoxy groups -OCH3 is 2. The van der Waals surface area contributed by atoms with Crippen molar-refractivity contribution in [2.24, 2.45) is 5.10 Å². The highest BCUT2D eigenvalue weighted by atomic mass is 32.2. The van der Waals surface area contributed by atoms with Crippen molar-refractivity contribution >= 4 is 39.2 Å². The number of hydrazone groups is 1. The van der Waals surface area contributed by atoms with Crippen LogP contribution in [0.1, 0.15) is 16.0 Å². The van der Waals surface area contributed by atoms with E-state index in [1.54, 1.807) is 24.3 Å². The van der Waals surface area contributed by atoms with E-state index < -0.39 is 22.5 Å². The van der Waals surface area contributed by atoms with Gasteiger partial charge in [-0.3, -0.25) is 9.10 Å². The molecule has 3 rings (SSSR count). The number of hydrogen-bond acceptors (Lipinski definition) is 7. The van der Waals surface area contributed by atoms with Gasteiger partial charge in [0.05, 0.1) is 31.0 Å². The van der Waals surface area contributed by atoms with Crippen molar-refractivity contribution in [1.29, 1.82) is 0 Å². The number of anilines is 1. The van der Waals surface area contributed by atoms with Crippen molar-refractivity contribution in [3.63, 3.8) is 0 Å². The van der Waals surface area contributed by atoms with E-state index in [1.165, 1.54) is 50.0 Å². The lowest BCUT2D eigenvalue weighted by molar-refractivity contribution is -0.119. The molecule has 0 aliphatic rings. The summed E-state index contributed by atoms with van der Waals surface area (Å²) in [6, 6.07) is 13.1. The first-order valence-corrected chi connectivity index (χ1v) is 12.3. The van der Waals surface area contributed by atoms with Crippen molar-refractivity contribution in [3.05, 3.63) is 69.9 Å². The summed E-state index contributed by atoms with van der Waals surface area (Å²) in [7, 11) is -1.22. The van der Waals surface area contributed by atoms with Gasteiger partial charge in [0.25, 0.3) is 15.9 Å². The van der Waals surface area contributed by atoms with Crippen molar-refractivity contribution in [1.82, 2.24) is 5.43 Å². The summed E-state index contributed by atoms with van der Waals surface area (Å²) < 4.78 is 38.6. The Morgan fingerprint density at radius 2 is 1.76 bits per heavy atom. The molecule has 0 atom stereocenters. The van der Waals surface area contributed by atoms with E-state index in [0.29, 0.717) is 11.4 Å². The zero-order valence-corrected chi connectivity index (χ0v) is 20.4. The van der Waals surface area contributed by atoms with Crippen molar-refractivity contribution < 1.29 is 22.7 Å². The fraction of sp³-hybridized carbons (Fsp3) is 0.217. The van der Waals surface area contributed by atoms with Gasteiger partial charge in [-0.1, -0.05) is 17.7 Å². The average Bonchev–Trinajstić information content (AvgIpc) is 3.22. The number of rotatable bonds is 9. The van der Waals surface area contributed by atoms with E-state index in [0.717, 1.165) is 20.3 Å². The number of carbonyl (C=O) groups is 1. The Balaban J connectivity index is 1.91. The number of benzene rings is 2. The van der Waals surface area contributed by atoms with Crippen LogP contribution in [0.4, 0.5) is 5.69 Å². The molecule has 0 aliphatic heterocycles. The molecule has 0 saturated heterocycles. The minimum atomic E-state index is -4.11. The van der Waals surface area contributed by atoms with E-state index in [9.17, 15) is 13.2 Å². The van der Waals surface area contributed by atoms with Gasteiger partial charge in [-0.25, -0.2) is 13.8 Å². The maximum Gasteiger partial charge on any atom is 0.264 e. The topological polar surface area (TPSA) is 97.3 Å². The largest absolute Gasteiger partial charge is 0.493 e. The zero-order valence-electron chi connectivity index (χ0n) is 18.7. The third-order valence-electron chi connectivity index (χ3n) is 4.82. The smallest absolute Gasteiger partial charge is 0.264 e. The molecule has 8 nitrogen and oxygen atoms in total. The van der Waals surface area contributed by atoms with Gasteiger partial charge in [-0.2, -0.15) is 5.10 Å². The van der Waals surface area contributed by atoms with Crippen molar-refractivity contribution in [3.8, 4) is 11.5 Å². The van der Waals surface area contributed by atoms with E-state index in [4.69, 9.17) is 9.47 Å². The number of nitrogens with one attached hydrogen (secondary N) is 1. The van der Waals surface area contributed by atoms with Crippen LogP contribution >= 0.6 is 11.3 Å². The Labute approximate surface area is 197 Å². The first-order valence-electron chi connectivity index (χ1n) is 9.93. The van der Waals surface area contributed by atoms with Crippen LogP contribution in [0, 0.1) is 13.8 Å². The summed E-state index contributed by atoms with van der Waals surface area (Å²) in [6.07, 6.45) is 1.54. The highest BCUT2D eigenvalue weighted by molar-refractivity contribution is 7.92. The summed E-state index contributed by atoms with van der Waals surface area (Å²) in [4.78, 5) is 13.5. The molecule has 3 aromatic rings. The van der Waals surface area contributed by atoms with Gasteiger partial charge in [-0.05, 0) is 55.1 Å². The number of thiophene rings is 1. The van der Waals surface area contributed by atoms with Crippen LogP contribution in [0.3, 0.4) is 0 Å². The molecule has 1 amide bonds. The maximum absolute atomic E-state index is 13.5. The monoisotopic (exact) mass is 487 g/mol. The molecule has 0 saturated carbocycles. The predicted octanol–water partition coefficient (Wildman–Crippen LogP) is 3.73. The second-order valence-corrected chi connectivity index (χ2v) is 9.94. The molecule has 33 heavy (non-hydrogen) atoms. The van der Waals surface area contributed by atoms with Crippen LogP contribution in [0.25, 0.3) is 0 Å². The molecule has 0 radical (unpaired) electrons. The first-order chi connectivity index (χ1) is 15.8. The number of ether oxygens (including phenoxy) is 2. The maximum atomic E-state index is 13.5. The molecule has 10 heteroatoms. The highest BCUT2D eigenvalue weighted by Crippen LogP contribution is 2.32. The molecule has 0 spiro atoms. The van der Waals surface area contributed by atoms with E-state index in [1.807, 2.05) is 25.3 Å². The predicted molar refractivity (Wildman–Crippen MR) is 130 cm³/mol. The van der Waals surface area contributed by atoms with Gasteiger partial charge in [0.15, 0.2) is 11.5 Å². The second-order valence-electron chi connectivity index (χ2n) is 7.13. The fourth-order valence-electron chi connectivity index (χ4n) is 2.98. The van der Waals surface area contributed by atoms with Crippen LogP contribution in [-0.2, 0) is 14.8 Å². The number of hydrogen-bond donors (Lipinski definition) is 1. The summed E-state index contributed by atoms with van der Waals surface area (Å²) in [5, 5.41) is 5.89.